The first kappa shape index (κ1) is 14.3. The van der Waals surface area contributed by atoms with Crippen molar-refractivity contribution in [2.24, 2.45) is 5.92 Å². The van der Waals surface area contributed by atoms with Crippen LogP contribution in [0.1, 0.15) is 27.2 Å². The van der Waals surface area contributed by atoms with Crippen LogP contribution < -0.4 is 0 Å². The summed E-state index contributed by atoms with van der Waals surface area (Å²) in [6.45, 7) is 12.1. The Morgan fingerprint density at radius 2 is 2.10 bits per heavy atom. The second kappa shape index (κ2) is 4.18. The van der Waals surface area contributed by atoms with E-state index >= 15 is 0 Å². The van der Waals surface area contributed by atoms with Crippen LogP contribution in [0.4, 0.5) is 0 Å². The number of Topliss-reactive ketones (excluding diaryl/α,β-unsaturated/α-hetero) is 1. The Labute approximate surface area is 121 Å². The third-order valence-corrected chi connectivity index (χ3v) is 9.62. The smallest absolute Gasteiger partial charge is 0.250 e. The molecule has 4 nitrogen and oxygen atoms in total. The van der Waals surface area contributed by atoms with Crippen molar-refractivity contribution in [2.75, 3.05) is 13.2 Å². The molecule has 0 saturated carbocycles. The van der Waals surface area contributed by atoms with E-state index in [4.69, 9.17) is 13.9 Å². The van der Waals surface area contributed by atoms with Crippen LogP contribution in [0.15, 0.2) is 11.8 Å². The second-order valence-corrected chi connectivity index (χ2v) is 12.5. The summed E-state index contributed by atoms with van der Waals surface area (Å²) in [5, 5.41) is 0.0781. The molecule has 20 heavy (non-hydrogen) atoms. The molecule has 3 atom stereocenters. The minimum Gasteiger partial charge on any atom is -0.541 e. The Bertz CT molecular complexity index is 477. The van der Waals surface area contributed by atoms with E-state index in [-0.39, 0.29) is 16.9 Å². The van der Waals surface area contributed by atoms with Crippen LogP contribution in [0.2, 0.25) is 18.1 Å². The highest BCUT2D eigenvalue weighted by molar-refractivity contribution is 6.74. The average Bonchev–Trinajstić information content (AvgIpc) is 2.78. The fraction of sp³-hybridized carbons (Fsp3) is 0.800. The Balaban J connectivity index is 1.90. The first-order valence-electron chi connectivity index (χ1n) is 7.36. The van der Waals surface area contributed by atoms with Crippen LogP contribution in [0, 0.1) is 5.92 Å². The van der Waals surface area contributed by atoms with Crippen LogP contribution in [0.25, 0.3) is 0 Å². The van der Waals surface area contributed by atoms with Crippen molar-refractivity contribution in [1.82, 2.24) is 0 Å². The van der Waals surface area contributed by atoms with Crippen molar-refractivity contribution in [3.8, 4) is 0 Å². The number of fused-ring (bicyclic) bond motifs is 1. The van der Waals surface area contributed by atoms with Crippen LogP contribution in [-0.2, 0) is 18.7 Å². The van der Waals surface area contributed by atoms with Crippen molar-refractivity contribution in [3.63, 3.8) is 0 Å². The minimum atomic E-state index is -2.00. The van der Waals surface area contributed by atoms with Crippen LogP contribution >= 0.6 is 0 Å². The van der Waals surface area contributed by atoms with Gasteiger partial charge < -0.3 is 13.9 Å². The lowest BCUT2D eigenvalue weighted by atomic mass is 9.91. The number of hydrogen-bond donors (Lipinski definition) is 0. The molecule has 3 heterocycles. The van der Waals surface area contributed by atoms with Gasteiger partial charge >= 0.3 is 0 Å². The largest absolute Gasteiger partial charge is 0.541 e. The van der Waals surface area contributed by atoms with Gasteiger partial charge in [-0.15, -0.1) is 0 Å². The molecule has 1 spiro atoms. The molecule has 2 fully saturated rings. The first-order chi connectivity index (χ1) is 9.15. The van der Waals surface area contributed by atoms with Crippen molar-refractivity contribution in [3.05, 3.63) is 11.8 Å². The lowest BCUT2D eigenvalue weighted by Gasteiger charge is -2.39. The lowest BCUT2D eigenvalue weighted by molar-refractivity contribution is -0.135. The Hall–Kier alpha value is -0.653. The van der Waals surface area contributed by atoms with Gasteiger partial charge in [0.15, 0.2) is 0 Å². The number of rotatable bonds is 2. The van der Waals surface area contributed by atoms with Gasteiger partial charge in [-0.25, -0.2) is 0 Å². The fourth-order valence-corrected chi connectivity index (χ4v) is 3.92. The summed E-state index contributed by atoms with van der Waals surface area (Å²) in [6.07, 6.45) is 2.35. The number of carbonyl (C=O) groups excluding carboxylic acids is 1. The van der Waals surface area contributed by atoms with Gasteiger partial charge in [0.25, 0.3) is 8.32 Å². The zero-order valence-electron chi connectivity index (χ0n) is 13.0. The molecular weight excluding hydrogens is 272 g/mol. The Morgan fingerprint density at radius 1 is 1.40 bits per heavy atom. The Kier molecular flexibility index (Phi) is 2.99. The molecule has 2 bridgehead atoms. The molecular formula is C15H24O4Si. The summed E-state index contributed by atoms with van der Waals surface area (Å²) in [4.78, 5) is 12.5. The van der Waals surface area contributed by atoms with E-state index in [1.54, 1.807) is 0 Å². The van der Waals surface area contributed by atoms with Crippen molar-refractivity contribution < 1.29 is 18.7 Å². The monoisotopic (exact) mass is 296 g/mol. The summed E-state index contributed by atoms with van der Waals surface area (Å²) in [5.74, 6) is 0.854. The number of ether oxygens (including phenoxy) is 2. The van der Waals surface area contributed by atoms with Gasteiger partial charge in [0.2, 0.25) is 5.78 Å². The van der Waals surface area contributed by atoms with Gasteiger partial charge in [-0.2, -0.15) is 0 Å². The maximum Gasteiger partial charge on any atom is 0.250 e. The molecule has 0 aromatic rings. The van der Waals surface area contributed by atoms with E-state index in [0.29, 0.717) is 24.9 Å². The lowest BCUT2D eigenvalue weighted by Crippen LogP contribution is -2.45. The number of ketones is 1. The molecule has 5 heteroatoms. The summed E-state index contributed by atoms with van der Waals surface area (Å²) in [6, 6.07) is 0. The minimum absolute atomic E-state index is 0.0230. The molecule has 0 unspecified atom stereocenters. The molecule has 3 rings (SSSR count). The third kappa shape index (κ3) is 1.98. The molecule has 0 N–H and O–H groups in total. The molecule has 0 aliphatic carbocycles. The Morgan fingerprint density at radius 3 is 2.75 bits per heavy atom. The van der Waals surface area contributed by atoms with Gasteiger partial charge in [0, 0.05) is 5.92 Å². The number of hydrogen-bond acceptors (Lipinski definition) is 4. The summed E-state index contributed by atoms with van der Waals surface area (Å²) in [5.41, 5.74) is -0.406. The standard InChI is InChI=1S/C15H24O4Si/c1-14(2,3)20(4,5)19-12-7-15-9-17-8-10(15)6-11(18-15)13(12)16/h7,10-11H,6,8-9H2,1-5H3/t10-,11-,15+/m1/s1. The highest BCUT2D eigenvalue weighted by Crippen LogP contribution is 2.48. The van der Waals surface area contributed by atoms with Gasteiger partial charge in [0.1, 0.15) is 17.5 Å². The fourth-order valence-electron chi connectivity index (χ4n) is 2.90. The molecule has 0 amide bonds. The topological polar surface area (TPSA) is 44.8 Å². The highest BCUT2D eigenvalue weighted by Gasteiger charge is 2.57. The molecule has 0 aromatic heterocycles. The second-order valence-electron chi connectivity index (χ2n) is 7.74. The van der Waals surface area contributed by atoms with Crippen LogP contribution in [0.3, 0.4) is 0 Å². The molecule has 0 aromatic carbocycles. The maximum atomic E-state index is 12.5. The summed E-state index contributed by atoms with van der Waals surface area (Å²) >= 11 is 0. The van der Waals surface area contributed by atoms with Crippen molar-refractivity contribution >= 4 is 14.1 Å². The van der Waals surface area contributed by atoms with Gasteiger partial charge in [0.05, 0.1) is 13.2 Å². The van der Waals surface area contributed by atoms with Crippen molar-refractivity contribution in [1.29, 1.82) is 0 Å². The summed E-state index contributed by atoms with van der Waals surface area (Å²) < 4.78 is 17.7. The van der Waals surface area contributed by atoms with Gasteiger partial charge in [-0.05, 0) is 30.6 Å². The first-order valence-corrected chi connectivity index (χ1v) is 10.3. The van der Waals surface area contributed by atoms with E-state index in [9.17, 15) is 4.79 Å². The van der Waals surface area contributed by atoms with E-state index in [1.165, 1.54) is 0 Å². The molecule has 0 radical (unpaired) electrons. The predicted octanol–water partition coefficient (Wildman–Crippen LogP) is 2.65. The SMILES string of the molecule is CC(C)(C)[Si](C)(C)OC1=C[C@]23COC[C@H]2C[C@@H](O3)C1=O. The van der Waals surface area contributed by atoms with Crippen LogP contribution in [-0.4, -0.2) is 39.0 Å². The molecule has 3 aliphatic rings. The van der Waals surface area contributed by atoms with Gasteiger partial charge in [-0.3, -0.25) is 4.79 Å². The zero-order valence-corrected chi connectivity index (χ0v) is 14.0. The quantitative estimate of drug-likeness (QED) is 0.735. The molecule has 112 valence electrons. The third-order valence-electron chi connectivity index (χ3n) is 5.28. The van der Waals surface area contributed by atoms with E-state index in [1.807, 2.05) is 6.08 Å². The molecule has 3 aliphatic heterocycles. The normalized spacial score (nSPS) is 36.9. The molecule has 2 saturated heterocycles. The predicted molar refractivity (Wildman–Crippen MR) is 77.9 cm³/mol. The average molecular weight is 296 g/mol. The maximum absolute atomic E-state index is 12.5. The number of carbonyl (C=O) groups is 1. The van der Waals surface area contributed by atoms with Crippen molar-refractivity contribution in [2.45, 2.75) is 57.0 Å². The summed E-state index contributed by atoms with van der Waals surface area (Å²) in [7, 11) is -2.00. The van der Waals surface area contributed by atoms with E-state index < -0.39 is 13.9 Å². The van der Waals surface area contributed by atoms with E-state index in [2.05, 4.69) is 33.9 Å². The van der Waals surface area contributed by atoms with E-state index in [0.717, 1.165) is 6.42 Å². The van der Waals surface area contributed by atoms with Gasteiger partial charge in [-0.1, -0.05) is 20.8 Å². The van der Waals surface area contributed by atoms with Crippen LogP contribution in [0.5, 0.6) is 0 Å². The highest BCUT2D eigenvalue weighted by atomic mass is 28.4. The zero-order chi connectivity index (χ0) is 14.8.